The van der Waals surface area contributed by atoms with Crippen molar-refractivity contribution in [3.8, 4) is 17.1 Å². The molecule has 4 aliphatic rings. The number of H-pyrrole nitrogens is 1. The zero-order valence-corrected chi connectivity index (χ0v) is 26.0. The van der Waals surface area contributed by atoms with Crippen LogP contribution in [0.4, 0.5) is 15.0 Å². The number of carbonyl (C=O) groups is 2. The van der Waals surface area contributed by atoms with Crippen LogP contribution in [-0.2, 0) is 4.79 Å². The molecule has 3 N–H and O–H groups in total. The third kappa shape index (κ3) is 4.36. The number of benzene rings is 2. The van der Waals surface area contributed by atoms with Crippen molar-refractivity contribution in [2.75, 3.05) is 37.7 Å². The fraction of sp³-hybridized carbons (Fsp3) is 0.469. The Kier molecular flexibility index (Phi) is 6.48. The molecule has 1 spiro atoms. The normalized spacial score (nSPS) is 22.9. The first-order chi connectivity index (χ1) is 21.7. The maximum absolute atomic E-state index is 17.0. The summed E-state index contributed by atoms with van der Waals surface area (Å²) in [6.45, 7) is 7.13. The van der Waals surface area contributed by atoms with Crippen LogP contribution < -0.4 is 20.3 Å². The number of aromatic amines is 1. The molecule has 2 aromatic carbocycles. The minimum Gasteiger partial charge on any atom is -0.461 e. The van der Waals surface area contributed by atoms with E-state index in [0.29, 0.717) is 42.8 Å². The van der Waals surface area contributed by atoms with E-state index in [1.165, 1.54) is 0 Å². The number of aromatic nitrogens is 4. The topological polar surface area (TPSA) is 128 Å². The van der Waals surface area contributed by atoms with Crippen molar-refractivity contribution < 1.29 is 18.7 Å². The Morgan fingerprint density at radius 3 is 2.56 bits per heavy atom. The molecule has 0 unspecified atom stereocenters. The SMILES string of the molecule is Cc1cc2[nH]ncc2c(-c2c(Cl)cc3c(N4CCC[C@]5(C4)NC(=O)NC5=O)nc(OCC45CCCN4CCC5)nc3c2F)c1C. The van der Waals surface area contributed by atoms with Crippen LogP contribution in [0.5, 0.6) is 6.01 Å². The molecule has 3 amide bonds. The maximum Gasteiger partial charge on any atom is 0.322 e. The lowest BCUT2D eigenvalue weighted by Gasteiger charge is -2.39. The molecule has 4 aliphatic heterocycles. The molecule has 4 aromatic rings. The van der Waals surface area contributed by atoms with Crippen LogP contribution in [0.2, 0.25) is 5.02 Å². The number of fused-ring (bicyclic) bond motifs is 3. The van der Waals surface area contributed by atoms with E-state index in [1.807, 2.05) is 24.8 Å². The van der Waals surface area contributed by atoms with E-state index >= 15 is 4.39 Å². The van der Waals surface area contributed by atoms with Crippen molar-refractivity contribution in [1.82, 2.24) is 35.7 Å². The number of carbonyl (C=O) groups excluding carboxylic acids is 2. The summed E-state index contributed by atoms with van der Waals surface area (Å²) in [5, 5.41) is 13.8. The summed E-state index contributed by atoms with van der Waals surface area (Å²) in [4.78, 5) is 39.0. The van der Waals surface area contributed by atoms with Crippen molar-refractivity contribution in [3.05, 3.63) is 40.3 Å². The van der Waals surface area contributed by atoms with Gasteiger partial charge in [0.2, 0.25) is 0 Å². The van der Waals surface area contributed by atoms with Crippen LogP contribution in [0.3, 0.4) is 0 Å². The van der Waals surface area contributed by atoms with Gasteiger partial charge < -0.3 is 15.0 Å². The zero-order valence-electron chi connectivity index (χ0n) is 25.2. The minimum absolute atomic E-state index is 0.0604. The van der Waals surface area contributed by atoms with E-state index in [0.717, 1.165) is 60.8 Å². The molecule has 4 saturated heterocycles. The monoisotopic (exact) mass is 632 g/mol. The highest BCUT2D eigenvalue weighted by Crippen LogP contribution is 2.44. The molecule has 8 rings (SSSR count). The number of hydrogen-bond acceptors (Lipinski definition) is 8. The van der Waals surface area contributed by atoms with Gasteiger partial charge in [-0.1, -0.05) is 11.6 Å². The number of piperidine rings is 1. The fourth-order valence-electron chi connectivity index (χ4n) is 8.06. The summed E-state index contributed by atoms with van der Waals surface area (Å²) in [7, 11) is 0. The van der Waals surface area contributed by atoms with Gasteiger partial charge in [-0.3, -0.25) is 20.1 Å². The number of aryl methyl sites for hydroxylation is 1. The van der Waals surface area contributed by atoms with E-state index in [-0.39, 0.29) is 40.1 Å². The number of amides is 3. The summed E-state index contributed by atoms with van der Waals surface area (Å²) in [5.74, 6) is -0.543. The second-order valence-corrected chi connectivity index (χ2v) is 13.4. The van der Waals surface area contributed by atoms with Crippen LogP contribution in [0, 0.1) is 19.7 Å². The van der Waals surface area contributed by atoms with E-state index in [4.69, 9.17) is 21.3 Å². The average molecular weight is 633 g/mol. The number of nitrogens with zero attached hydrogens (tertiary/aromatic N) is 5. The molecule has 45 heavy (non-hydrogen) atoms. The smallest absolute Gasteiger partial charge is 0.322 e. The lowest BCUT2D eigenvalue weighted by Crippen LogP contribution is -2.58. The lowest BCUT2D eigenvalue weighted by molar-refractivity contribution is -0.124. The first-order valence-electron chi connectivity index (χ1n) is 15.6. The van der Waals surface area contributed by atoms with Crippen molar-refractivity contribution >= 4 is 51.2 Å². The Bertz CT molecular complexity index is 1900. The van der Waals surface area contributed by atoms with Crippen LogP contribution >= 0.6 is 11.6 Å². The Labute approximate surface area is 263 Å². The van der Waals surface area contributed by atoms with Crippen LogP contribution in [0.15, 0.2) is 18.3 Å². The second-order valence-electron chi connectivity index (χ2n) is 13.0. The van der Waals surface area contributed by atoms with Crippen molar-refractivity contribution in [2.45, 2.75) is 63.5 Å². The molecule has 234 valence electrons. The molecule has 0 radical (unpaired) electrons. The quantitative estimate of drug-likeness (QED) is 0.269. The number of nitrogens with one attached hydrogen (secondary N) is 3. The lowest BCUT2D eigenvalue weighted by atomic mass is 9.89. The molecule has 4 fully saturated rings. The van der Waals surface area contributed by atoms with Gasteiger partial charge in [0.1, 0.15) is 23.5 Å². The van der Waals surface area contributed by atoms with Gasteiger partial charge in [0, 0.05) is 28.4 Å². The van der Waals surface area contributed by atoms with Crippen molar-refractivity contribution in [3.63, 3.8) is 0 Å². The van der Waals surface area contributed by atoms with E-state index in [9.17, 15) is 9.59 Å². The molecule has 13 heteroatoms. The zero-order chi connectivity index (χ0) is 31.1. The van der Waals surface area contributed by atoms with Gasteiger partial charge in [-0.05, 0) is 88.7 Å². The molecular weight excluding hydrogens is 599 g/mol. The van der Waals surface area contributed by atoms with Gasteiger partial charge in [-0.2, -0.15) is 15.1 Å². The van der Waals surface area contributed by atoms with Gasteiger partial charge in [0.15, 0.2) is 5.82 Å². The highest BCUT2D eigenvalue weighted by atomic mass is 35.5. The van der Waals surface area contributed by atoms with Crippen LogP contribution in [0.25, 0.3) is 32.9 Å². The molecule has 0 bridgehead atoms. The minimum atomic E-state index is -1.10. The highest BCUT2D eigenvalue weighted by Gasteiger charge is 2.49. The van der Waals surface area contributed by atoms with Gasteiger partial charge in [-0.15, -0.1) is 0 Å². The van der Waals surface area contributed by atoms with E-state index < -0.39 is 17.4 Å². The van der Waals surface area contributed by atoms with Gasteiger partial charge in [-0.25, -0.2) is 9.18 Å². The largest absolute Gasteiger partial charge is 0.461 e. The number of hydrogen-bond donors (Lipinski definition) is 3. The van der Waals surface area contributed by atoms with Crippen LogP contribution in [0.1, 0.15) is 49.7 Å². The Morgan fingerprint density at radius 2 is 1.80 bits per heavy atom. The van der Waals surface area contributed by atoms with Gasteiger partial charge >= 0.3 is 12.0 Å². The molecule has 11 nitrogen and oxygen atoms in total. The number of halogens is 2. The standard InChI is InChI=1S/C32H34ClFN8O3/c1-17-12-22-20(14-35-40-22)23(18(17)2)24-21(33)13-19-26(25(24)34)36-30(45-16-31-6-3-10-42(31)11-4-7-31)37-27(19)41-9-5-8-32(15-41)28(43)38-29(44)39-32/h12-14H,3-11,15-16H2,1-2H3,(H,35,40)(H2,38,39,43,44)/t32-/m1/s1. The summed E-state index contributed by atoms with van der Waals surface area (Å²) in [6.07, 6.45) is 7.09. The number of urea groups is 1. The Hall–Kier alpha value is -4.03. The molecular formula is C32H34ClFN8O3. The van der Waals surface area contributed by atoms with Gasteiger partial charge in [0.05, 0.1) is 28.8 Å². The summed E-state index contributed by atoms with van der Waals surface area (Å²) in [6, 6.07) is 3.24. The summed E-state index contributed by atoms with van der Waals surface area (Å²) >= 11 is 6.95. The second kappa shape index (κ2) is 10.2. The number of ether oxygens (including phenoxy) is 1. The molecule has 1 atom stereocenters. The Morgan fingerprint density at radius 1 is 1.02 bits per heavy atom. The third-order valence-corrected chi connectivity index (χ3v) is 10.7. The molecule has 0 aliphatic carbocycles. The first kappa shape index (κ1) is 28.4. The highest BCUT2D eigenvalue weighted by molar-refractivity contribution is 6.35. The Balaban J connectivity index is 1.29. The average Bonchev–Trinajstić information content (AvgIpc) is 3.78. The van der Waals surface area contributed by atoms with Crippen molar-refractivity contribution in [2.24, 2.45) is 0 Å². The number of anilines is 1. The number of imide groups is 1. The fourth-order valence-corrected chi connectivity index (χ4v) is 8.34. The number of rotatable bonds is 5. The predicted molar refractivity (Wildman–Crippen MR) is 168 cm³/mol. The summed E-state index contributed by atoms with van der Waals surface area (Å²) < 4.78 is 23.4. The van der Waals surface area contributed by atoms with Crippen LogP contribution in [-0.4, -0.2) is 80.9 Å². The first-order valence-corrected chi connectivity index (χ1v) is 16.0. The maximum atomic E-state index is 17.0. The summed E-state index contributed by atoms with van der Waals surface area (Å²) in [5.41, 5.74) is 2.45. The molecule has 2 aromatic heterocycles. The predicted octanol–water partition coefficient (Wildman–Crippen LogP) is 4.77. The molecule has 6 heterocycles. The molecule has 0 saturated carbocycles. The third-order valence-electron chi connectivity index (χ3n) is 10.4. The van der Waals surface area contributed by atoms with E-state index in [2.05, 4.69) is 30.7 Å². The van der Waals surface area contributed by atoms with E-state index in [1.54, 1.807) is 12.3 Å². The van der Waals surface area contributed by atoms with Crippen molar-refractivity contribution in [1.29, 1.82) is 0 Å². The van der Waals surface area contributed by atoms with Gasteiger partial charge in [0.25, 0.3) is 5.91 Å².